The fourth-order valence-corrected chi connectivity index (χ4v) is 5.50. The number of nitrogens with zero attached hydrogens (tertiary/aromatic N) is 2. The van der Waals surface area contributed by atoms with E-state index in [2.05, 4.69) is 61.7 Å². The van der Waals surface area contributed by atoms with Gasteiger partial charge in [0.25, 0.3) is 0 Å². The van der Waals surface area contributed by atoms with E-state index in [1.165, 1.54) is 22.9 Å². The van der Waals surface area contributed by atoms with Crippen LogP contribution in [0, 0.1) is 24.8 Å². The Hall–Kier alpha value is -3.44. The first-order valence-corrected chi connectivity index (χ1v) is 16.8. The van der Waals surface area contributed by atoms with Gasteiger partial charge in [-0.05, 0) is 40.7 Å². The second kappa shape index (κ2) is 12.6. The molecule has 6 aromatic rings. The van der Waals surface area contributed by atoms with Crippen LogP contribution >= 0.6 is 0 Å². The number of halogens is 1. The van der Waals surface area contributed by atoms with Gasteiger partial charge in [0.15, 0.2) is 0 Å². The number of hydrogen-bond acceptors (Lipinski definition) is 3. The molecule has 0 aliphatic carbocycles. The van der Waals surface area contributed by atoms with Gasteiger partial charge in [0.2, 0.25) is 0 Å². The van der Waals surface area contributed by atoms with Crippen LogP contribution in [0.1, 0.15) is 35.0 Å². The Labute approximate surface area is 260 Å². The summed E-state index contributed by atoms with van der Waals surface area (Å²) in [4.78, 5) is 8.92. The van der Waals surface area contributed by atoms with Crippen molar-refractivity contribution >= 4 is 35.2 Å². The van der Waals surface area contributed by atoms with Crippen LogP contribution in [0.25, 0.3) is 44.5 Å². The maximum absolute atomic E-state index is 14.2. The van der Waals surface area contributed by atoms with E-state index in [-0.39, 0.29) is 25.9 Å². The minimum atomic E-state index is -2.08. The summed E-state index contributed by atoms with van der Waals surface area (Å²) < 4.78 is 42.1. The zero-order valence-corrected chi connectivity index (χ0v) is 27.1. The second-order valence-corrected chi connectivity index (χ2v) is 16.2. The fourth-order valence-electron chi connectivity index (χ4n) is 4.46. The third-order valence-corrected chi connectivity index (χ3v) is 8.86. The Morgan fingerprint density at radius 2 is 1.78 bits per heavy atom. The molecule has 0 saturated carbocycles. The van der Waals surface area contributed by atoms with E-state index in [9.17, 15) is 4.39 Å². The number of aromatic nitrogens is 2. The molecular weight excluding hydrogens is 704 g/mol. The van der Waals surface area contributed by atoms with Crippen molar-refractivity contribution in [1.82, 2.24) is 9.97 Å². The smallest absolute Gasteiger partial charge is 0.133 e. The number of pyridine rings is 2. The number of benzene rings is 3. The summed E-state index contributed by atoms with van der Waals surface area (Å²) in [7, 11) is -1.34. The number of hydrogen-bond donors (Lipinski definition) is 0. The summed E-state index contributed by atoms with van der Waals surface area (Å²) in [6.07, 6.45) is 3.72. The minimum absolute atomic E-state index is 0. The zero-order chi connectivity index (χ0) is 30.9. The van der Waals surface area contributed by atoms with Crippen LogP contribution in [0.2, 0.25) is 19.6 Å². The molecule has 3 aromatic carbocycles. The van der Waals surface area contributed by atoms with Crippen molar-refractivity contribution in [3.8, 4) is 22.5 Å². The van der Waals surface area contributed by atoms with Crippen LogP contribution in [-0.4, -0.2) is 18.0 Å². The van der Waals surface area contributed by atoms with Gasteiger partial charge in [-0.3, -0.25) is 0 Å². The van der Waals surface area contributed by atoms with Gasteiger partial charge < -0.3 is 14.4 Å². The summed E-state index contributed by atoms with van der Waals surface area (Å²) >= 11 is 0. The van der Waals surface area contributed by atoms with Crippen molar-refractivity contribution in [3.63, 3.8) is 0 Å². The molecule has 0 spiro atoms. The molecule has 6 rings (SSSR count). The van der Waals surface area contributed by atoms with E-state index < -0.39 is 14.9 Å². The second-order valence-electron chi connectivity index (χ2n) is 11.1. The first-order chi connectivity index (χ1) is 20.3. The Morgan fingerprint density at radius 3 is 2.44 bits per heavy atom. The largest absolute Gasteiger partial charge is 0.500 e. The Kier molecular flexibility index (Phi) is 8.13. The molecule has 0 fully saturated rings. The summed E-state index contributed by atoms with van der Waals surface area (Å²) in [6, 6.07) is 27.8. The van der Waals surface area contributed by atoms with Crippen molar-refractivity contribution < 1.29 is 33.0 Å². The molecule has 41 heavy (non-hydrogen) atoms. The monoisotopic (exact) mass is 740 g/mol. The van der Waals surface area contributed by atoms with E-state index in [1.807, 2.05) is 30.5 Å². The first-order valence-electron chi connectivity index (χ1n) is 14.8. The van der Waals surface area contributed by atoms with Crippen molar-refractivity contribution in [1.29, 1.82) is 0 Å². The number of rotatable bonds is 4. The van der Waals surface area contributed by atoms with Crippen molar-refractivity contribution in [2.24, 2.45) is 0 Å². The molecule has 0 N–H and O–H groups in total. The van der Waals surface area contributed by atoms with Crippen LogP contribution in [0.15, 0.2) is 89.6 Å². The molecule has 6 heteroatoms. The molecule has 0 aliphatic rings. The number of furan rings is 1. The minimum Gasteiger partial charge on any atom is -0.500 e. The summed E-state index contributed by atoms with van der Waals surface area (Å²) in [6.45, 7) is 9.03. The third-order valence-electron chi connectivity index (χ3n) is 6.83. The molecular formula is C35H33FIrN2OSi-2. The normalized spacial score (nSPS) is 12.7. The Morgan fingerprint density at radius 1 is 0.951 bits per heavy atom. The van der Waals surface area contributed by atoms with Gasteiger partial charge in [0.05, 0.1) is 13.7 Å². The first kappa shape index (κ1) is 26.5. The van der Waals surface area contributed by atoms with Crippen LogP contribution in [-0.2, 0) is 20.1 Å². The van der Waals surface area contributed by atoms with E-state index in [4.69, 9.17) is 8.53 Å². The molecule has 0 bridgehead atoms. The van der Waals surface area contributed by atoms with Crippen LogP contribution in [0.5, 0.6) is 0 Å². The summed E-state index contributed by atoms with van der Waals surface area (Å²) in [5, 5.41) is 2.57. The number of aryl methyl sites for hydroxylation is 1. The molecule has 1 radical (unpaired) electrons. The standard InChI is InChI=1S/C20H15FNO.C15H18NSi.Ir/c1-12(2)13-9-10-22-17(11-13)14-5-3-6-15-19-16(21)7-4-8-18(19)23-20(14)15;1-12-5-7-13(8-6-12)15-10-9-14(11-16-15)17(2,3)4;/h3-4,6-12H,1-2H3;5-7,9-11H,1-4H3;/q2*-1;/i;1D3;. The molecule has 3 nitrogen and oxygen atoms in total. The molecule has 0 unspecified atom stereocenters. The molecule has 211 valence electrons. The topological polar surface area (TPSA) is 38.9 Å². The maximum atomic E-state index is 14.2. The Bertz CT molecular complexity index is 1820. The molecule has 3 heterocycles. The molecule has 0 atom stereocenters. The molecule has 0 saturated heterocycles. The molecule has 3 aromatic heterocycles. The van der Waals surface area contributed by atoms with E-state index in [0.717, 1.165) is 27.9 Å². The average molecular weight is 740 g/mol. The van der Waals surface area contributed by atoms with E-state index in [0.29, 0.717) is 28.0 Å². The SMILES string of the molecule is CC(C)c1ccnc(-c2[c-]ccc3c2oc2cccc(F)c23)c1.[2H]C([2H])([2H])c1c[c-]c(-c2ccc([Si](C)(C)C)cn2)cc1.[Ir]. The predicted octanol–water partition coefficient (Wildman–Crippen LogP) is 9.11. The predicted molar refractivity (Wildman–Crippen MR) is 166 cm³/mol. The average Bonchev–Trinajstić information content (AvgIpc) is 3.37. The van der Waals surface area contributed by atoms with Gasteiger partial charge >= 0.3 is 0 Å². The van der Waals surface area contributed by atoms with Gasteiger partial charge in [0.1, 0.15) is 11.4 Å². The summed E-state index contributed by atoms with van der Waals surface area (Å²) in [5.74, 6) is 0.131. The van der Waals surface area contributed by atoms with E-state index >= 15 is 0 Å². The third kappa shape index (κ3) is 6.73. The maximum Gasteiger partial charge on any atom is 0.133 e. The van der Waals surface area contributed by atoms with Gasteiger partial charge in [-0.2, -0.15) is 0 Å². The number of fused-ring (bicyclic) bond motifs is 3. The van der Waals surface area contributed by atoms with Gasteiger partial charge in [-0.1, -0.05) is 81.1 Å². The van der Waals surface area contributed by atoms with Gasteiger partial charge in [0, 0.05) is 42.0 Å². The van der Waals surface area contributed by atoms with E-state index in [1.54, 1.807) is 36.5 Å². The molecule has 0 aliphatic heterocycles. The van der Waals surface area contributed by atoms with Crippen molar-refractivity contribution in [2.75, 3.05) is 0 Å². The fraction of sp³-hybridized carbons (Fsp3) is 0.200. The summed E-state index contributed by atoms with van der Waals surface area (Å²) in [5.41, 5.74) is 5.87. The quantitative estimate of drug-likeness (QED) is 0.134. The van der Waals surface area contributed by atoms with Crippen LogP contribution < -0.4 is 5.19 Å². The molecule has 0 amide bonds. The zero-order valence-electron chi connectivity index (χ0n) is 26.7. The Balaban J connectivity index is 0.000000199. The van der Waals surface area contributed by atoms with Crippen molar-refractivity contribution in [2.45, 2.75) is 46.3 Å². The van der Waals surface area contributed by atoms with Crippen molar-refractivity contribution in [3.05, 3.63) is 114 Å². The van der Waals surface area contributed by atoms with Crippen LogP contribution in [0.3, 0.4) is 0 Å². The van der Waals surface area contributed by atoms with Crippen LogP contribution in [0.4, 0.5) is 4.39 Å². The van der Waals surface area contributed by atoms with Gasteiger partial charge in [-0.25, -0.2) is 4.39 Å². The van der Waals surface area contributed by atoms with Gasteiger partial charge in [-0.15, -0.1) is 53.6 Å².